The monoisotopic (exact) mass is 312 g/mol. The lowest BCUT2D eigenvalue weighted by molar-refractivity contribution is 0.324. The van der Waals surface area contributed by atoms with Gasteiger partial charge in [0.05, 0.1) is 23.5 Å². The van der Waals surface area contributed by atoms with Crippen molar-refractivity contribution >= 4 is 33.0 Å². The number of hydrogen-bond acceptors (Lipinski definition) is 4. The van der Waals surface area contributed by atoms with Crippen molar-refractivity contribution < 1.29 is 4.74 Å². The highest BCUT2D eigenvalue weighted by Crippen LogP contribution is 2.25. The third-order valence-corrected chi connectivity index (χ3v) is 3.89. The Balaban J connectivity index is 1.92. The van der Waals surface area contributed by atoms with Crippen molar-refractivity contribution in [2.75, 3.05) is 12.3 Å². The topological polar surface area (TPSA) is 48.1 Å². The van der Waals surface area contributed by atoms with Crippen molar-refractivity contribution in [1.82, 2.24) is 4.98 Å². The molecule has 0 unspecified atom stereocenters. The summed E-state index contributed by atoms with van der Waals surface area (Å²) in [6.07, 6.45) is 0.867. The molecule has 2 aromatic rings. The molecule has 0 radical (unpaired) electrons. The summed E-state index contributed by atoms with van der Waals surface area (Å²) in [6.45, 7) is 2.63. The van der Waals surface area contributed by atoms with Crippen molar-refractivity contribution in [1.29, 1.82) is 0 Å². The van der Waals surface area contributed by atoms with E-state index >= 15 is 0 Å². The molecule has 2 N–H and O–H groups in total. The predicted molar refractivity (Wildman–Crippen MR) is 74.6 cm³/mol. The van der Waals surface area contributed by atoms with Gasteiger partial charge in [0.15, 0.2) is 0 Å². The number of nitrogens with zero attached hydrogens (tertiary/aromatic N) is 1. The van der Waals surface area contributed by atoms with Crippen LogP contribution in [0.4, 0.5) is 5.69 Å². The van der Waals surface area contributed by atoms with Gasteiger partial charge in [-0.15, -0.1) is 11.3 Å². The molecule has 1 aromatic carbocycles. The molecule has 3 nitrogen and oxygen atoms in total. The second-order valence-corrected chi connectivity index (χ2v) is 5.50. The van der Waals surface area contributed by atoms with E-state index in [-0.39, 0.29) is 0 Å². The highest BCUT2D eigenvalue weighted by Gasteiger charge is 2.04. The Morgan fingerprint density at radius 2 is 2.29 bits per heavy atom. The summed E-state index contributed by atoms with van der Waals surface area (Å²) in [7, 11) is 0. The molecule has 1 aromatic heterocycles. The average molecular weight is 313 g/mol. The number of halogens is 1. The summed E-state index contributed by atoms with van der Waals surface area (Å²) in [4.78, 5) is 5.47. The fraction of sp³-hybridized carbons (Fsp3) is 0.250. The maximum Gasteiger partial charge on any atom is 0.142 e. The first-order valence-corrected chi connectivity index (χ1v) is 6.91. The summed E-state index contributed by atoms with van der Waals surface area (Å²) in [6, 6.07) is 5.63. The van der Waals surface area contributed by atoms with E-state index in [9.17, 15) is 0 Å². The maximum atomic E-state index is 5.85. The zero-order valence-corrected chi connectivity index (χ0v) is 11.8. The van der Waals surface area contributed by atoms with Gasteiger partial charge in [-0.1, -0.05) is 15.9 Å². The van der Waals surface area contributed by atoms with E-state index in [2.05, 4.69) is 20.9 Å². The summed E-state index contributed by atoms with van der Waals surface area (Å²) in [5.41, 5.74) is 9.44. The van der Waals surface area contributed by atoms with Crippen molar-refractivity contribution in [3.63, 3.8) is 0 Å². The molecule has 0 aliphatic rings. The van der Waals surface area contributed by atoms with E-state index in [0.717, 1.165) is 22.3 Å². The molecule has 2 rings (SSSR count). The molecule has 5 heteroatoms. The van der Waals surface area contributed by atoms with Crippen LogP contribution in [-0.4, -0.2) is 11.6 Å². The Bertz CT molecular complexity index is 513. The fourth-order valence-electron chi connectivity index (χ4n) is 1.47. The third kappa shape index (κ3) is 3.20. The van der Waals surface area contributed by atoms with Gasteiger partial charge in [0, 0.05) is 15.8 Å². The molecule has 0 aliphatic carbocycles. The van der Waals surface area contributed by atoms with Crippen molar-refractivity contribution in [2.24, 2.45) is 0 Å². The second kappa shape index (κ2) is 5.51. The van der Waals surface area contributed by atoms with Crippen molar-refractivity contribution in [2.45, 2.75) is 13.3 Å². The van der Waals surface area contributed by atoms with Gasteiger partial charge in [-0.05, 0) is 25.1 Å². The Kier molecular flexibility index (Phi) is 4.02. The number of aryl methyl sites for hydroxylation is 1. The molecular formula is C12H13BrN2OS. The van der Waals surface area contributed by atoms with Gasteiger partial charge in [-0.3, -0.25) is 0 Å². The molecule has 0 fully saturated rings. The quantitative estimate of drug-likeness (QED) is 0.880. The number of anilines is 1. The molecule has 0 spiro atoms. The van der Waals surface area contributed by atoms with E-state index < -0.39 is 0 Å². The molecule has 0 saturated carbocycles. The highest BCUT2D eigenvalue weighted by molar-refractivity contribution is 9.10. The molecule has 0 aliphatic heterocycles. The SMILES string of the molecule is Cc1ncsc1CCOc1ccc(Br)cc1N. The zero-order chi connectivity index (χ0) is 12.3. The standard InChI is InChI=1S/C12H13BrN2OS/c1-8-12(17-7-15-8)4-5-16-11-3-2-9(13)6-10(11)14/h2-3,6-7H,4-5,14H2,1H3. The van der Waals surface area contributed by atoms with E-state index in [1.807, 2.05) is 30.6 Å². The zero-order valence-electron chi connectivity index (χ0n) is 9.44. The van der Waals surface area contributed by atoms with Crippen LogP contribution in [0, 0.1) is 6.92 Å². The number of nitrogen functional groups attached to an aromatic ring is 1. The number of aromatic nitrogens is 1. The van der Waals surface area contributed by atoms with Crippen LogP contribution in [0.1, 0.15) is 10.6 Å². The Labute approximate surface area is 113 Å². The lowest BCUT2D eigenvalue weighted by Crippen LogP contribution is -2.03. The van der Waals surface area contributed by atoms with Gasteiger partial charge < -0.3 is 10.5 Å². The maximum absolute atomic E-state index is 5.85. The Morgan fingerprint density at radius 1 is 1.47 bits per heavy atom. The van der Waals surface area contributed by atoms with Gasteiger partial charge in [0.1, 0.15) is 5.75 Å². The number of benzene rings is 1. The molecule has 17 heavy (non-hydrogen) atoms. The first kappa shape index (κ1) is 12.4. The molecule has 90 valence electrons. The van der Waals surface area contributed by atoms with Crippen LogP contribution in [-0.2, 0) is 6.42 Å². The number of ether oxygens (including phenoxy) is 1. The lowest BCUT2D eigenvalue weighted by atomic mass is 10.3. The van der Waals surface area contributed by atoms with E-state index in [0.29, 0.717) is 12.3 Å². The van der Waals surface area contributed by atoms with Gasteiger partial charge in [-0.2, -0.15) is 0 Å². The Morgan fingerprint density at radius 3 is 2.94 bits per heavy atom. The van der Waals surface area contributed by atoms with Gasteiger partial charge >= 0.3 is 0 Å². The van der Waals surface area contributed by atoms with Crippen LogP contribution in [0.2, 0.25) is 0 Å². The van der Waals surface area contributed by atoms with Gasteiger partial charge in [-0.25, -0.2) is 4.98 Å². The van der Waals surface area contributed by atoms with Gasteiger partial charge in [0.25, 0.3) is 0 Å². The highest BCUT2D eigenvalue weighted by atomic mass is 79.9. The first-order valence-electron chi connectivity index (χ1n) is 5.23. The summed E-state index contributed by atoms with van der Waals surface area (Å²) < 4.78 is 6.61. The molecule has 0 saturated heterocycles. The van der Waals surface area contributed by atoms with Crippen LogP contribution < -0.4 is 10.5 Å². The summed E-state index contributed by atoms with van der Waals surface area (Å²) in [5, 5.41) is 0. The minimum Gasteiger partial charge on any atom is -0.491 e. The van der Waals surface area contributed by atoms with Crippen LogP contribution in [0.3, 0.4) is 0 Å². The van der Waals surface area contributed by atoms with Crippen molar-refractivity contribution in [3.05, 3.63) is 38.8 Å². The Hall–Kier alpha value is -1.07. The first-order chi connectivity index (χ1) is 8.16. The number of nitrogens with two attached hydrogens (primary N) is 1. The minimum absolute atomic E-state index is 0.620. The molecular weight excluding hydrogens is 300 g/mol. The van der Waals surface area contributed by atoms with Crippen LogP contribution >= 0.6 is 27.3 Å². The second-order valence-electron chi connectivity index (χ2n) is 3.64. The van der Waals surface area contributed by atoms with Crippen molar-refractivity contribution in [3.8, 4) is 5.75 Å². The third-order valence-electron chi connectivity index (χ3n) is 2.40. The van der Waals surface area contributed by atoms with Crippen LogP contribution in [0.15, 0.2) is 28.2 Å². The number of rotatable bonds is 4. The molecule has 0 bridgehead atoms. The van der Waals surface area contributed by atoms with E-state index in [1.165, 1.54) is 4.88 Å². The van der Waals surface area contributed by atoms with E-state index in [4.69, 9.17) is 10.5 Å². The molecule has 1 heterocycles. The molecule has 0 amide bonds. The largest absolute Gasteiger partial charge is 0.491 e. The van der Waals surface area contributed by atoms with E-state index in [1.54, 1.807) is 11.3 Å². The van der Waals surface area contributed by atoms with Crippen LogP contribution in [0.25, 0.3) is 0 Å². The predicted octanol–water partition coefficient (Wildman–Crippen LogP) is 3.42. The number of hydrogen-bond donors (Lipinski definition) is 1. The van der Waals surface area contributed by atoms with Gasteiger partial charge in [0.2, 0.25) is 0 Å². The normalized spacial score (nSPS) is 10.5. The lowest BCUT2D eigenvalue weighted by Gasteiger charge is -2.08. The average Bonchev–Trinajstić information content (AvgIpc) is 2.68. The van der Waals surface area contributed by atoms with Crippen LogP contribution in [0.5, 0.6) is 5.75 Å². The summed E-state index contributed by atoms with van der Waals surface area (Å²) in [5.74, 6) is 0.732. The smallest absolute Gasteiger partial charge is 0.142 e. The summed E-state index contributed by atoms with van der Waals surface area (Å²) >= 11 is 5.02. The number of thiazole rings is 1. The molecule has 0 atom stereocenters. The fourth-order valence-corrected chi connectivity index (χ4v) is 2.61. The minimum atomic E-state index is 0.620.